The quantitative estimate of drug-likeness (QED) is 0.517. The minimum absolute atomic E-state index is 0.160. The van der Waals surface area contributed by atoms with Gasteiger partial charge >= 0.3 is 7.32 Å². The van der Waals surface area contributed by atoms with Crippen LogP contribution >= 0.6 is 0 Å². The molecule has 0 heterocycles. The van der Waals surface area contributed by atoms with Gasteiger partial charge in [-0.3, -0.25) is 4.79 Å². The summed E-state index contributed by atoms with van der Waals surface area (Å²) < 4.78 is 9.49. The van der Waals surface area contributed by atoms with Gasteiger partial charge in [0.25, 0.3) is 0 Å². The maximum Gasteiger partial charge on any atom is 0.707 e. The molecule has 1 rings (SSSR count). The summed E-state index contributed by atoms with van der Waals surface area (Å²) in [5.41, 5.74) is 0.418. The van der Waals surface area contributed by atoms with E-state index in [1.807, 2.05) is 0 Å². The van der Waals surface area contributed by atoms with Gasteiger partial charge in [0.2, 0.25) is 0 Å². The molecule has 74 valence electrons. The van der Waals surface area contributed by atoms with Crippen LogP contribution in [0.15, 0.2) is 18.2 Å². The Kier molecular flexibility index (Phi) is 3.50. The summed E-state index contributed by atoms with van der Waals surface area (Å²) in [5, 5.41) is 17.1. The molecule has 0 saturated carbocycles. The minimum Gasteiger partial charge on any atom is -0.509 e. The van der Waals surface area contributed by atoms with Crippen LogP contribution in [0.2, 0.25) is 0 Å². The van der Waals surface area contributed by atoms with Crippen molar-refractivity contribution in [1.29, 1.82) is 0 Å². The molecule has 0 aliphatic heterocycles. The first-order chi connectivity index (χ1) is 6.67. The van der Waals surface area contributed by atoms with Gasteiger partial charge in [-0.25, -0.2) is 0 Å². The molecule has 0 aliphatic rings. The lowest BCUT2D eigenvalue weighted by Gasteiger charge is -2.09. The van der Waals surface area contributed by atoms with E-state index >= 15 is 0 Å². The summed E-state index contributed by atoms with van der Waals surface area (Å²) in [6, 6.07) is 4.33. The number of hydrogen-bond acceptors (Lipinski definition) is 5. The molecule has 14 heavy (non-hydrogen) atoms. The zero-order valence-electron chi connectivity index (χ0n) is 7.51. The summed E-state index contributed by atoms with van der Waals surface area (Å²) in [6.07, 6.45) is 0.654. The third kappa shape index (κ3) is 2.48. The zero-order chi connectivity index (χ0) is 10.6. The van der Waals surface area contributed by atoms with Crippen LogP contribution in [0.1, 0.15) is 10.4 Å². The van der Waals surface area contributed by atoms with Crippen LogP contribution in [0, 0.1) is 0 Å². The molecule has 0 fully saturated rings. The maximum absolute atomic E-state index is 10.4. The maximum atomic E-state index is 10.4. The van der Waals surface area contributed by atoms with E-state index in [2.05, 4.69) is 4.65 Å². The fraction of sp³-hybridized carbons (Fsp3) is 0.125. The average Bonchev–Trinajstić information content (AvgIpc) is 2.17. The van der Waals surface area contributed by atoms with Crippen molar-refractivity contribution in [3.8, 4) is 11.5 Å². The van der Waals surface area contributed by atoms with Gasteiger partial charge in [0.15, 0.2) is 5.75 Å². The lowest BCUT2D eigenvalue weighted by Crippen LogP contribution is -2.20. The van der Waals surface area contributed by atoms with Gasteiger partial charge in [0.05, 0.1) is 7.11 Å². The van der Waals surface area contributed by atoms with E-state index in [4.69, 9.17) is 14.8 Å². The predicted molar refractivity (Wildman–Crippen MR) is 49.2 cm³/mol. The van der Waals surface area contributed by atoms with Gasteiger partial charge < -0.3 is 19.4 Å². The topological polar surface area (TPSA) is 76.0 Å². The van der Waals surface area contributed by atoms with Gasteiger partial charge in [-0.15, -0.1) is 0 Å². The molecule has 6 heteroatoms. The zero-order valence-corrected chi connectivity index (χ0v) is 7.51. The van der Waals surface area contributed by atoms with Crippen molar-refractivity contribution in [1.82, 2.24) is 0 Å². The van der Waals surface area contributed by atoms with Gasteiger partial charge in [-0.05, 0) is 18.2 Å². The highest BCUT2D eigenvalue weighted by Gasteiger charge is 2.14. The van der Waals surface area contributed by atoms with Gasteiger partial charge in [-0.1, -0.05) is 0 Å². The first-order valence-electron chi connectivity index (χ1n) is 3.83. The van der Waals surface area contributed by atoms with Crippen LogP contribution in [0.25, 0.3) is 0 Å². The second-order valence-corrected chi connectivity index (χ2v) is 2.47. The fourth-order valence-corrected chi connectivity index (χ4v) is 0.968. The van der Waals surface area contributed by atoms with Crippen molar-refractivity contribution in [2.75, 3.05) is 7.11 Å². The largest absolute Gasteiger partial charge is 0.707 e. The van der Waals surface area contributed by atoms with Crippen molar-refractivity contribution in [3.05, 3.63) is 23.8 Å². The molecule has 0 atom stereocenters. The molecule has 0 saturated heterocycles. The van der Waals surface area contributed by atoms with Gasteiger partial charge in [0, 0.05) is 5.56 Å². The van der Waals surface area contributed by atoms with Crippen LogP contribution in [-0.4, -0.2) is 30.8 Å². The van der Waals surface area contributed by atoms with Crippen LogP contribution in [0.5, 0.6) is 11.5 Å². The van der Waals surface area contributed by atoms with E-state index in [0.717, 1.165) is 0 Å². The summed E-state index contributed by atoms with van der Waals surface area (Å²) in [6.45, 7) is 0. The molecule has 0 bridgehead atoms. The van der Waals surface area contributed by atoms with Crippen molar-refractivity contribution < 1.29 is 24.2 Å². The first kappa shape index (κ1) is 10.6. The van der Waals surface area contributed by atoms with E-state index in [1.54, 1.807) is 0 Å². The fourth-order valence-electron chi connectivity index (χ4n) is 0.968. The van der Waals surface area contributed by atoms with Crippen molar-refractivity contribution in [2.45, 2.75) is 0 Å². The summed E-state index contributed by atoms with van der Waals surface area (Å²) in [5.74, 6) is 0.427. The number of rotatable bonds is 4. The van der Waals surface area contributed by atoms with Gasteiger partial charge in [0.1, 0.15) is 12.0 Å². The predicted octanol–water partition coefficient (Wildman–Crippen LogP) is -0.144. The number of ether oxygens (including phenoxy) is 1. The highest BCUT2D eigenvalue weighted by molar-refractivity contribution is 6.33. The molecule has 2 N–H and O–H groups in total. The first-order valence-corrected chi connectivity index (χ1v) is 3.83. The SMILES string of the molecule is COc1cc(C=O)ccc1OB(O)O. The molecule has 1 aromatic carbocycles. The molecule has 0 aromatic heterocycles. The molecule has 0 unspecified atom stereocenters. The number of carbonyl (C=O) groups excluding carboxylic acids is 1. The van der Waals surface area contributed by atoms with Crippen molar-refractivity contribution >= 4 is 13.6 Å². The Morgan fingerprint density at radius 3 is 2.57 bits per heavy atom. The Bertz CT molecular complexity index is 326. The number of aldehydes is 1. The third-order valence-electron chi connectivity index (χ3n) is 1.56. The van der Waals surface area contributed by atoms with Crippen molar-refractivity contribution in [2.24, 2.45) is 0 Å². The van der Waals surface area contributed by atoms with E-state index < -0.39 is 7.32 Å². The molecule has 1 aromatic rings. The van der Waals surface area contributed by atoms with Crippen LogP contribution < -0.4 is 9.39 Å². The normalized spacial score (nSPS) is 9.36. The summed E-state index contributed by atoms with van der Waals surface area (Å²) >= 11 is 0. The molecule has 0 spiro atoms. The Labute approximate surface area is 81.1 Å². The van der Waals surface area contributed by atoms with Crippen molar-refractivity contribution in [3.63, 3.8) is 0 Å². The summed E-state index contributed by atoms with van der Waals surface area (Å²) in [7, 11) is -0.522. The highest BCUT2D eigenvalue weighted by Crippen LogP contribution is 2.27. The Morgan fingerprint density at radius 1 is 1.36 bits per heavy atom. The average molecular weight is 196 g/mol. The smallest absolute Gasteiger partial charge is 0.509 e. The van der Waals surface area contributed by atoms with E-state index in [9.17, 15) is 4.79 Å². The number of methoxy groups -OCH3 is 1. The third-order valence-corrected chi connectivity index (χ3v) is 1.56. The van der Waals surface area contributed by atoms with Crippen LogP contribution in [0.3, 0.4) is 0 Å². The molecule has 0 amide bonds. The van der Waals surface area contributed by atoms with E-state index in [1.165, 1.54) is 25.3 Å². The minimum atomic E-state index is -1.91. The number of hydrogen-bond donors (Lipinski definition) is 2. The molecule has 0 aliphatic carbocycles. The lowest BCUT2D eigenvalue weighted by molar-refractivity contribution is 0.112. The van der Waals surface area contributed by atoms with E-state index in [-0.39, 0.29) is 11.5 Å². The number of benzene rings is 1. The Hall–Kier alpha value is -1.53. The molecular weight excluding hydrogens is 187 g/mol. The second-order valence-electron chi connectivity index (χ2n) is 2.47. The van der Waals surface area contributed by atoms with Crippen LogP contribution in [0.4, 0.5) is 0 Å². The molecule has 5 nitrogen and oxygen atoms in total. The Balaban J connectivity index is 2.98. The van der Waals surface area contributed by atoms with Gasteiger partial charge in [-0.2, -0.15) is 0 Å². The molecule has 0 radical (unpaired) electrons. The Morgan fingerprint density at radius 2 is 2.07 bits per heavy atom. The highest BCUT2D eigenvalue weighted by atomic mass is 16.6. The monoisotopic (exact) mass is 196 g/mol. The van der Waals surface area contributed by atoms with Crippen LogP contribution in [-0.2, 0) is 0 Å². The standard InChI is InChI=1S/C8H9BO5/c1-13-8-4-6(5-10)2-3-7(8)14-9(11)12/h2-5,11-12H,1H3. The number of carbonyl (C=O) groups is 1. The molecular formula is C8H9BO5. The summed E-state index contributed by atoms with van der Waals surface area (Å²) in [4.78, 5) is 10.4. The van der Waals surface area contributed by atoms with E-state index in [0.29, 0.717) is 11.8 Å². The second kappa shape index (κ2) is 4.64. The lowest BCUT2D eigenvalue weighted by atomic mass is 10.2.